The molecule has 1 saturated heterocycles. The first kappa shape index (κ1) is 9.32. The molecule has 0 aromatic heterocycles. The highest BCUT2D eigenvalue weighted by Crippen LogP contribution is 2.35. The van der Waals surface area contributed by atoms with Gasteiger partial charge in [0.2, 0.25) is 0 Å². The molecule has 66 valence electrons. The zero-order chi connectivity index (χ0) is 8.48. The lowest BCUT2D eigenvalue weighted by Crippen LogP contribution is -2.23. The van der Waals surface area contributed by atoms with Gasteiger partial charge in [-0.1, -0.05) is 15.9 Å². The molecule has 0 bridgehead atoms. The second-order valence-corrected chi connectivity index (χ2v) is 3.23. The van der Waals surface area contributed by atoms with Crippen LogP contribution in [0.15, 0.2) is 0 Å². The van der Waals surface area contributed by atoms with Crippen LogP contribution in [-0.4, -0.2) is 24.2 Å². The third-order valence-corrected chi connectivity index (χ3v) is 2.44. The predicted octanol–water partition coefficient (Wildman–Crippen LogP) is 2.35. The number of hydrogen-bond acceptors (Lipinski definition) is 1. The van der Waals surface area contributed by atoms with Crippen molar-refractivity contribution in [2.75, 3.05) is 11.9 Å². The summed E-state index contributed by atoms with van der Waals surface area (Å²) < 4.78 is 40.8. The zero-order valence-corrected chi connectivity index (χ0v) is 7.28. The highest BCUT2D eigenvalue weighted by molar-refractivity contribution is 9.09. The average molecular weight is 233 g/mol. The molecule has 1 aliphatic rings. The zero-order valence-electron chi connectivity index (χ0n) is 5.70. The van der Waals surface area contributed by atoms with E-state index in [9.17, 15) is 13.2 Å². The Morgan fingerprint density at radius 1 is 1.45 bits per heavy atom. The van der Waals surface area contributed by atoms with Gasteiger partial charge < -0.3 is 4.74 Å². The molecule has 1 aliphatic heterocycles. The van der Waals surface area contributed by atoms with Gasteiger partial charge >= 0.3 is 6.18 Å². The maximum absolute atomic E-state index is 12.0. The van der Waals surface area contributed by atoms with E-state index in [-0.39, 0.29) is 19.1 Å². The first-order valence-corrected chi connectivity index (χ1v) is 4.40. The summed E-state index contributed by atoms with van der Waals surface area (Å²) in [5.41, 5.74) is 0. The maximum atomic E-state index is 12.0. The van der Waals surface area contributed by atoms with Crippen molar-refractivity contribution in [1.82, 2.24) is 0 Å². The lowest BCUT2D eigenvalue weighted by atomic mass is 10.1. The summed E-state index contributed by atoms with van der Waals surface area (Å²) >= 11 is 3.08. The molecule has 1 rings (SSSR count). The minimum absolute atomic E-state index is 0.0920. The summed E-state index contributed by atoms with van der Waals surface area (Å²) in [6.45, 7) is -0.181. The van der Waals surface area contributed by atoms with E-state index in [1.54, 1.807) is 0 Å². The van der Waals surface area contributed by atoms with Crippen LogP contribution in [0.2, 0.25) is 0 Å². The Balaban J connectivity index is 2.42. The Morgan fingerprint density at radius 2 is 2.09 bits per heavy atom. The molecule has 1 nitrogen and oxygen atoms in total. The molecule has 0 amide bonds. The number of ether oxygens (including phenoxy) is 1. The Kier molecular flexibility index (Phi) is 2.80. The molecule has 0 aromatic rings. The molecular formula is C6H8BrF3O. The van der Waals surface area contributed by atoms with Crippen molar-refractivity contribution in [3.8, 4) is 0 Å². The van der Waals surface area contributed by atoms with Crippen molar-refractivity contribution in [2.45, 2.75) is 18.7 Å². The van der Waals surface area contributed by atoms with Gasteiger partial charge in [-0.15, -0.1) is 0 Å². The van der Waals surface area contributed by atoms with E-state index in [1.165, 1.54) is 0 Å². The Hall–Kier alpha value is 0.230. The largest absolute Gasteiger partial charge is 0.394 e. The molecule has 0 radical (unpaired) electrons. The highest BCUT2D eigenvalue weighted by atomic mass is 79.9. The van der Waals surface area contributed by atoms with Crippen LogP contribution in [0.3, 0.4) is 0 Å². The van der Waals surface area contributed by atoms with Crippen molar-refractivity contribution in [3.63, 3.8) is 0 Å². The number of alkyl halides is 4. The molecule has 5 heteroatoms. The molecule has 0 aromatic carbocycles. The van der Waals surface area contributed by atoms with Crippen LogP contribution >= 0.6 is 15.9 Å². The Labute approximate surface area is 71.0 Å². The first-order chi connectivity index (χ1) is 5.04. The molecule has 1 heterocycles. The van der Waals surface area contributed by atoms with E-state index in [0.717, 1.165) is 0 Å². The van der Waals surface area contributed by atoms with Crippen LogP contribution < -0.4 is 0 Å². The van der Waals surface area contributed by atoms with Gasteiger partial charge in [-0.05, 0) is 6.42 Å². The second-order valence-electron chi connectivity index (χ2n) is 2.58. The lowest BCUT2D eigenvalue weighted by molar-refractivity contribution is -0.173. The van der Waals surface area contributed by atoms with Crippen molar-refractivity contribution in [1.29, 1.82) is 0 Å². The first-order valence-electron chi connectivity index (χ1n) is 3.28. The fourth-order valence-electron chi connectivity index (χ4n) is 1.04. The second kappa shape index (κ2) is 3.31. The van der Waals surface area contributed by atoms with E-state index in [4.69, 9.17) is 4.74 Å². The van der Waals surface area contributed by atoms with Crippen LogP contribution in [0.25, 0.3) is 0 Å². The Bertz CT molecular complexity index is 136. The Morgan fingerprint density at radius 3 is 2.36 bits per heavy atom. The highest BCUT2D eigenvalue weighted by Gasteiger charge is 2.44. The maximum Gasteiger partial charge on any atom is 0.394 e. The van der Waals surface area contributed by atoms with Gasteiger partial charge in [0, 0.05) is 5.33 Å². The SMILES string of the molecule is FC(F)(F)[C@@H]1CO[C@@H](CBr)C1. The van der Waals surface area contributed by atoms with Crippen LogP contribution in [0.4, 0.5) is 13.2 Å². The smallest absolute Gasteiger partial charge is 0.377 e. The minimum Gasteiger partial charge on any atom is -0.377 e. The van der Waals surface area contributed by atoms with Gasteiger partial charge in [-0.3, -0.25) is 0 Å². The standard InChI is InChI=1S/C6H8BrF3O/c7-2-5-1-4(3-11-5)6(8,9)10/h4-5H,1-3H2/t4-,5+/m0/s1. The molecular weight excluding hydrogens is 225 g/mol. The van der Waals surface area contributed by atoms with Gasteiger partial charge in [-0.2, -0.15) is 13.2 Å². The van der Waals surface area contributed by atoms with E-state index in [2.05, 4.69) is 15.9 Å². The van der Waals surface area contributed by atoms with Crippen LogP contribution in [0.1, 0.15) is 6.42 Å². The topological polar surface area (TPSA) is 9.23 Å². The molecule has 0 spiro atoms. The third kappa shape index (κ3) is 2.33. The summed E-state index contributed by atoms with van der Waals surface area (Å²) in [6, 6.07) is 0. The van der Waals surface area contributed by atoms with E-state index >= 15 is 0 Å². The lowest BCUT2D eigenvalue weighted by Gasteiger charge is -2.11. The van der Waals surface area contributed by atoms with Gasteiger partial charge in [0.25, 0.3) is 0 Å². The van der Waals surface area contributed by atoms with E-state index in [1.807, 2.05) is 0 Å². The number of rotatable bonds is 1. The minimum atomic E-state index is -4.09. The molecule has 0 saturated carbocycles. The molecule has 1 fully saturated rings. The van der Waals surface area contributed by atoms with E-state index in [0.29, 0.717) is 5.33 Å². The van der Waals surface area contributed by atoms with Crippen LogP contribution in [0, 0.1) is 5.92 Å². The van der Waals surface area contributed by atoms with Gasteiger partial charge in [0.1, 0.15) is 0 Å². The van der Waals surface area contributed by atoms with Gasteiger partial charge in [0.15, 0.2) is 0 Å². The number of halogens is 4. The number of hydrogen-bond donors (Lipinski definition) is 0. The fraction of sp³-hybridized carbons (Fsp3) is 1.00. The summed E-state index contributed by atoms with van der Waals surface area (Å²) in [5, 5.41) is 0.486. The normalized spacial score (nSPS) is 32.7. The van der Waals surface area contributed by atoms with Crippen molar-refractivity contribution < 1.29 is 17.9 Å². The van der Waals surface area contributed by atoms with Gasteiger partial charge in [0.05, 0.1) is 18.6 Å². The van der Waals surface area contributed by atoms with Crippen LogP contribution in [0.5, 0.6) is 0 Å². The van der Waals surface area contributed by atoms with Crippen molar-refractivity contribution in [3.05, 3.63) is 0 Å². The van der Waals surface area contributed by atoms with Crippen molar-refractivity contribution in [2.24, 2.45) is 5.92 Å². The summed E-state index contributed by atoms with van der Waals surface area (Å²) in [6.07, 6.45) is -4.26. The van der Waals surface area contributed by atoms with Crippen molar-refractivity contribution >= 4 is 15.9 Å². The van der Waals surface area contributed by atoms with Crippen LogP contribution in [-0.2, 0) is 4.74 Å². The average Bonchev–Trinajstić information content (AvgIpc) is 2.32. The summed E-state index contributed by atoms with van der Waals surface area (Å²) in [4.78, 5) is 0. The summed E-state index contributed by atoms with van der Waals surface area (Å²) in [7, 11) is 0. The fourth-order valence-corrected chi connectivity index (χ4v) is 1.49. The van der Waals surface area contributed by atoms with E-state index < -0.39 is 12.1 Å². The van der Waals surface area contributed by atoms with Gasteiger partial charge in [-0.25, -0.2) is 0 Å². The molecule has 0 unspecified atom stereocenters. The molecule has 2 atom stereocenters. The molecule has 11 heavy (non-hydrogen) atoms. The monoisotopic (exact) mass is 232 g/mol. The predicted molar refractivity (Wildman–Crippen MR) is 37.7 cm³/mol. The molecule has 0 aliphatic carbocycles. The quantitative estimate of drug-likeness (QED) is 0.631. The summed E-state index contributed by atoms with van der Waals surface area (Å²) in [5.74, 6) is -1.26. The molecule has 0 N–H and O–H groups in total. The third-order valence-electron chi connectivity index (χ3n) is 1.72.